The van der Waals surface area contributed by atoms with Crippen molar-refractivity contribution in [2.75, 3.05) is 0 Å². The van der Waals surface area contributed by atoms with Crippen LogP contribution < -0.4 is 5.73 Å². The first-order valence-electron chi connectivity index (χ1n) is 4.46. The third kappa shape index (κ3) is 2.40. The van der Waals surface area contributed by atoms with E-state index >= 15 is 0 Å². The van der Waals surface area contributed by atoms with Gasteiger partial charge in [-0.25, -0.2) is 4.39 Å². The average molecular weight is 228 g/mol. The van der Waals surface area contributed by atoms with Gasteiger partial charge in [0.2, 0.25) is 0 Å². The molecule has 5 nitrogen and oxygen atoms in total. The fourth-order valence-corrected chi connectivity index (χ4v) is 1.20. The van der Waals surface area contributed by atoms with Crippen LogP contribution in [0.15, 0.2) is 12.1 Å². The number of carboxylic acid groups (broad SMARTS) is 1. The third-order valence-corrected chi connectivity index (χ3v) is 2.19. The number of phenols is 2. The number of aliphatic carboxylic acids is 1. The minimum absolute atomic E-state index is 0.0669. The van der Waals surface area contributed by atoms with Crippen LogP contribution in [0, 0.1) is 5.82 Å². The van der Waals surface area contributed by atoms with Gasteiger partial charge in [-0.15, -0.1) is 0 Å². The lowest BCUT2D eigenvalue weighted by Crippen LogP contribution is -2.47. The molecule has 0 spiro atoms. The van der Waals surface area contributed by atoms with E-state index in [0.717, 1.165) is 6.07 Å². The summed E-state index contributed by atoms with van der Waals surface area (Å²) in [6.07, 6.45) is -0.290. The lowest BCUT2D eigenvalue weighted by Gasteiger charge is -2.19. The summed E-state index contributed by atoms with van der Waals surface area (Å²) in [6, 6.07) is 1.67. The number of carboxylic acids is 1. The van der Waals surface area contributed by atoms with E-state index in [1.165, 1.54) is 6.92 Å². The average Bonchev–Trinajstić information content (AvgIpc) is 2.13. The fraction of sp³-hybridized carbons (Fsp3) is 0.300. The molecule has 0 bridgehead atoms. The molecule has 1 rings (SSSR count). The molecule has 6 heteroatoms. The van der Waals surface area contributed by atoms with E-state index in [2.05, 4.69) is 0 Å². The van der Waals surface area contributed by atoms with Crippen LogP contribution in [-0.2, 0) is 11.2 Å². The van der Waals surface area contributed by atoms with Crippen LogP contribution >= 0.6 is 0 Å². The van der Waals surface area contributed by atoms with Gasteiger partial charge in [0.25, 0.3) is 0 Å². The predicted octanol–water partition coefficient (Wildman–Crippen LogP) is 0.581. The van der Waals surface area contributed by atoms with Crippen molar-refractivity contribution in [1.82, 2.24) is 0 Å². The van der Waals surface area contributed by atoms with Crippen molar-refractivity contribution >= 4 is 5.97 Å². The third-order valence-electron chi connectivity index (χ3n) is 2.19. The van der Waals surface area contributed by atoms with Crippen LogP contribution in [0.25, 0.3) is 0 Å². The first kappa shape index (κ1) is 12.3. The predicted molar refractivity (Wildman–Crippen MR) is 53.7 cm³/mol. The van der Waals surface area contributed by atoms with E-state index in [4.69, 9.17) is 21.1 Å². The zero-order valence-corrected chi connectivity index (χ0v) is 8.57. The molecule has 0 heterocycles. The topological polar surface area (TPSA) is 104 Å². The monoisotopic (exact) mass is 228 g/mol. The molecule has 0 aromatic heterocycles. The number of hydrogen-bond donors (Lipinski definition) is 4. The Bertz CT molecular complexity index is 431. The van der Waals surface area contributed by atoms with Gasteiger partial charge >= 0.3 is 5.97 Å². The summed E-state index contributed by atoms with van der Waals surface area (Å²) in [4.78, 5) is 10.7. The van der Waals surface area contributed by atoms with E-state index in [1.807, 2.05) is 0 Å². The SMILES string of the molecule is CC(N)(Cc1cc(O)c(O)cc1[18F])C(=O)O. The van der Waals surface area contributed by atoms with Gasteiger partial charge in [-0.1, -0.05) is 0 Å². The largest absolute Gasteiger partial charge is 0.504 e. The van der Waals surface area contributed by atoms with E-state index < -0.39 is 28.8 Å². The molecule has 0 saturated carbocycles. The van der Waals surface area contributed by atoms with Crippen LogP contribution in [0.1, 0.15) is 12.5 Å². The number of nitrogens with two attached hydrogens (primary N) is 1. The van der Waals surface area contributed by atoms with Gasteiger partial charge in [0, 0.05) is 12.5 Å². The van der Waals surface area contributed by atoms with Crippen molar-refractivity contribution in [2.45, 2.75) is 18.9 Å². The minimum atomic E-state index is -1.63. The molecule has 0 amide bonds. The number of benzene rings is 1. The maximum absolute atomic E-state index is 13.3. The molecule has 88 valence electrons. The highest BCUT2D eigenvalue weighted by Crippen LogP contribution is 2.29. The van der Waals surface area contributed by atoms with Gasteiger partial charge in [-0.2, -0.15) is 0 Å². The van der Waals surface area contributed by atoms with E-state index in [0.29, 0.717) is 6.07 Å². The second-order valence-electron chi connectivity index (χ2n) is 3.83. The fourth-order valence-electron chi connectivity index (χ4n) is 1.20. The molecule has 0 aliphatic carbocycles. The van der Waals surface area contributed by atoms with Crippen molar-refractivity contribution in [3.8, 4) is 11.5 Å². The molecule has 1 aromatic rings. The first-order valence-corrected chi connectivity index (χ1v) is 4.46. The molecule has 5 N–H and O–H groups in total. The maximum Gasteiger partial charge on any atom is 0.323 e. The van der Waals surface area contributed by atoms with Crippen LogP contribution in [0.4, 0.5) is 4.39 Å². The Morgan fingerprint density at radius 1 is 1.44 bits per heavy atom. The number of aromatic hydroxyl groups is 2. The van der Waals surface area contributed by atoms with Gasteiger partial charge in [0.1, 0.15) is 11.4 Å². The number of hydrogen-bond acceptors (Lipinski definition) is 4. The Morgan fingerprint density at radius 3 is 2.44 bits per heavy atom. The number of carbonyl (C=O) groups is 1. The Balaban J connectivity index is 3.07. The second-order valence-corrected chi connectivity index (χ2v) is 3.83. The molecule has 0 fully saturated rings. The molecule has 1 aromatic carbocycles. The van der Waals surface area contributed by atoms with Crippen molar-refractivity contribution in [2.24, 2.45) is 5.73 Å². The van der Waals surface area contributed by atoms with E-state index in [1.54, 1.807) is 0 Å². The van der Waals surface area contributed by atoms with E-state index in [9.17, 15) is 9.18 Å². The zero-order chi connectivity index (χ0) is 12.5. The van der Waals surface area contributed by atoms with Crippen molar-refractivity contribution in [1.29, 1.82) is 0 Å². The number of phenolic OH excluding ortho intramolecular Hbond substituents is 2. The Morgan fingerprint density at radius 2 is 1.94 bits per heavy atom. The van der Waals surface area contributed by atoms with Gasteiger partial charge in [0.05, 0.1) is 0 Å². The lowest BCUT2D eigenvalue weighted by atomic mass is 9.93. The van der Waals surface area contributed by atoms with Gasteiger partial charge in [-0.05, 0) is 18.6 Å². The number of halogens is 1. The molecule has 1 atom stereocenters. The second kappa shape index (κ2) is 3.97. The Hall–Kier alpha value is -1.82. The zero-order valence-electron chi connectivity index (χ0n) is 8.57. The van der Waals surface area contributed by atoms with Crippen molar-refractivity contribution in [3.05, 3.63) is 23.5 Å². The molecule has 1 unspecified atom stereocenters. The highest BCUT2D eigenvalue weighted by molar-refractivity contribution is 5.78. The molecule has 0 saturated heterocycles. The summed E-state index contributed by atoms with van der Waals surface area (Å²) < 4.78 is 13.3. The highest BCUT2D eigenvalue weighted by Gasteiger charge is 2.29. The van der Waals surface area contributed by atoms with Crippen LogP contribution in [0.5, 0.6) is 11.5 Å². The van der Waals surface area contributed by atoms with Gasteiger partial charge < -0.3 is 21.1 Å². The molecule has 0 radical (unpaired) electrons. The van der Waals surface area contributed by atoms with Crippen LogP contribution in [0.3, 0.4) is 0 Å². The van der Waals surface area contributed by atoms with Crippen LogP contribution in [-0.4, -0.2) is 26.8 Å². The summed E-state index contributed by atoms with van der Waals surface area (Å²) in [5, 5.41) is 26.9. The molecular formula is C10H12FNO4. The normalized spacial score (nSPS) is 14.4. The minimum Gasteiger partial charge on any atom is -0.504 e. The van der Waals surface area contributed by atoms with Crippen molar-refractivity contribution in [3.63, 3.8) is 0 Å². The van der Waals surface area contributed by atoms with E-state index in [-0.39, 0.29) is 12.0 Å². The van der Waals surface area contributed by atoms with Gasteiger partial charge in [0.15, 0.2) is 11.5 Å². The molecule has 16 heavy (non-hydrogen) atoms. The Labute approximate surface area is 90.9 Å². The highest BCUT2D eigenvalue weighted by atomic mass is 18.2. The first-order chi connectivity index (χ1) is 7.24. The molecule has 0 aliphatic heterocycles. The van der Waals surface area contributed by atoms with Gasteiger partial charge in [-0.3, -0.25) is 4.79 Å². The number of rotatable bonds is 3. The van der Waals surface area contributed by atoms with Crippen LogP contribution in [0.2, 0.25) is 0 Å². The standard InChI is InChI=1S/C10H12FNO4/c1-10(12,9(15)16)4-5-2-7(13)8(14)3-6(5)11/h2-3,13-14H,4,12H2,1H3,(H,15,16)/i11-1. The maximum atomic E-state index is 13.3. The smallest absolute Gasteiger partial charge is 0.323 e. The Kier molecular flexibility index (Phi) is 3.04. The summed E-state index contributed by atoms with van der Waals surface area (Å²) in [6.45, 7) is 1.23. The molecule has 0 aliphatic rings. The molecular weight excluding hydrogens is 216 g/mol. The summed E-state index contributed by atoms with van der Waals surface area (Å²) in [5.74, 6) is -3.21. The van der Waals surface area contributed by atoms with Crippen molar-refractivity contribution < 1.29 is 24.5 Å². The summed E-state index contributed by atoms with van der Waals surface area (Å²) in [7, 11) is 0. The lowest BCUT2D eigenvalue weighted by molar-refractivity contribution is -0.142. The quantitative estimate of drug-likeness (QED) is 0.566. The summed E-state index contributed by atoms with van der Waals surface area (Å²) >= 11 is 0. The summed E-state index contributed by atoms with van der Waals surface area (Å²) in [5.41, 5.74) is 3.74.